The van der Waals surface area contributed by atoms with E-state index in [1.54, 1.807) is 19.1 Å². The van der Waals surface area contributed by atoms with Gasteiger partial charge in [0.25, 0.3) is 0 Å². The Morgan fingerprint density at radius 3 is 2.33 bits per heavy atom. The summed E-state index contributed by atoms with van der Waals surface area (Å²) in [6.45, 7) is 3.86. The lowest BCUT2D eigenvalue weighted by molar-refractivity contribution is -0.251. The number of nitrogens with zero attached hydrogens (tertiary/aromatic N) is 1. The van der Waals surface area contributed by atoms with Gasteiger partial charge in [-0.25, -0.2) is 19.0 Å². The van der Waals surface area contributed by atoms with E-state index < -0.39 is 30.7 Å². The van der Waals surface area contributed by atoms with Crippen molar-refractivity contribution in [3.8, 4) is 12.3 Å². The van der Waals surface area contributed by atoms with Crippen LogP contribution in [0.2, 0.25) is 0 Å². The fraction of sp³-hybridized carbons (Fsp3) is 0.379. The Kier molecular flexibility index (Phi) is 16.6. The molecule has 0 fully saturated rings. The summed E-state index contributed by atoms with van der Waals surface area (Å²) in [5.74, 6) is 7.51. The van der Waals surface area contributed by atoms with Crippen molar-refractivity contribution >= 4 is 5.69 Å². The number of hydrogen-bond donors (Lipinski definition) is 2. The number of allylic oxidation sites excluding steroid dienone is 7. The summed E-state index contributed by atoms with van der Waals surface area (Å²) in [4.78, 5) is 0. The minimum Gasteiger partial charge on any atom is -0.381 e. The summed E-state index contributed by atoms with van der Waals surface area (Å²) in [6, 6.07) is 5.61. The highest BCUT2D eigenvalue weighted by atomic mass is 19.4. The van der Waals surface area contributed by atoms with Crippen LogP contribution in [0.5, 0.6) is 0 Å². The second kappa shape index (κ2) is 18.1. The van der Waals surface area contributed by atoms with E-state index in [1.807, 2.05) is 6.92 Å². The Morgan fingerprint density at radius 2 is 1.82 bits per heavy atom. The molecule has 2 rings (SSSR count). The second-order valence-corrected chi connectivity index (χ2v) is 8.50. The lowest BCUT2D eigenvalue weighted by atomic mass is 9.92. The van der Waals surface area contributed by atoms with Gasteiger partial charge in [-0.05, 0) is 87.3 Å². The first-order chi connectivity index (χ1) is 18.2. The van der Waals surface area contributed by atoms with E-state index in [4.69, 9.17) is 5.84 Å². The highest BCUT2D eigenvalue weighted by Crippen LogP contribution is 2.36. The minimum absolute atomic E-state index is 0.211. The number of anilines is 1. The molecule has 4 nitrogen and oxygen atoms in total. The van der Waals surface area contributed by atoms with Crippen LogP contribution in [0.3, 0.4) is 0 Å². The average Bonchev–Trinajstić information content (AvgIpc) is 2.85. The van der Waals surface area contributed by atoms with Crippen molar-refractivity contribution in [1.29, 1.82) is 0 Å². The van der Waals surface area contributed by atoms with Crippen LogP contribution in [0, 0.1) is 18.2 Å². The molecule has 0 aromatic heterocycles. The standard InChI is InChI=1S/C19H22F4N2O.C7H10F2O.C3H4/c1-13-4-3-5-14(12-18(2,26)19(21,22)23)6-11-17(13)25(24)16-9-7-15(20)8-10-16;1-10-6-4-7(9)3-2-5-8;1-3-2/h5-11,26H,3-4,12,24H2,1-2H3;2-4H,5-6H2,1H3;1H,2H3/b11-6-,14-5+,17-13+;3-2-,7-4+;. The highest BCUT2D eigenvalue weighted by Gasteiger charge is 2.49. The molecule has 10 heteroatoms. The predicted octanol–water partition coefficient (Wildman–Crippen LogP) is 7.41. The Labute approximate surface area is 226 Å². The monoisotopic (exact) mass is 558 g/mol. The van der Waals surface area contributed by atoms with Gasteiger partial charge in [0.15, 0.2) is 5.60 Å². The number of benzene rings is 1. The maximum absolute atomic E-state index is 13.1. The molecule has 1 aliphatic rings. The van der Waals surface area contributed by atoms with Crippen LogP contribution in [0.25, 0.3) is 0 Å². The van der Waals surface area contributed by atoms with Crippen molar-refractivity contribution < 1.29 is 36.2 Å². The minimum atomic E-state index is -4.72. The first-order valence-corrected chi connectivity index (χ1v) is 11.8. The normalized spacial score (nSPS) is 19.6. The molecule has 3 N–H and O–H groups in total. The van der Waals surface area contributed by atoms with E-state index in [0.717, 1.165) is 24.6 Å². The quantitative estimate of drug-likeness (QED) is 0.115. The summed E-state index contributed by atoms with van der Waals surface area (Å²) < 4.78 is 80.1. The summed E-state index contributed by atoms with van der Waals surface area (Å²) >= 11 is 0. The van der Waals surface area contributed by atoms with Crippen LogP contribution in [0.15, 0.2) is 83.4 Å². The number of terminal acetylenes is 1. The zero-order valence-corrected chi connectivity index (χ0v) is 22.5. The van der Waals surface area contributed by atoms with Gasteiger partial charge in [0.1, 0.15) is 18.3 Å². The molecule has 1 aromatic rings. The lowest BCUT2D eigenvalue weighted by Crippen LogP contribution is -2.42. The van der Waals surface area contributed by atoms with Crippen LogP contribution < -0.4 is 10.9 Å². The van der Waals surface area contributed by atoms with Gasteiger partial charge < -0.3 is 9.84 Å². The van der Waals surface area contributed by atoms with Crippen molar-refractivity contribution in [3.05, 3.63) is 89.2 Å². The van der Waals surface area contributed by atoms with E-state index in [9.17, 15) is 31.4 Å². The van der Waals surface area contributed by atoms with Gasteiger partial charge in [0.2, 0.25) is 0 Å². The Bertz CT molecular complexity index is 1060. The van der Waals surface area contributed by atoms with Crippen molar-refractivity contribution in [1.82, 2.24) is 0 Å². The molecule has 1 aliphatic carbocycles. The SMILES string of the molecule is C#CC.C/C1=C(N(N)c2ccc(F)cc2)/C=C\C(CC(C)(O)C(F)(F)F)=C/CC1.COC/C=C(F)\C=C/CF. The number of nitrogens with two attached hydrogens (primary N) is 1. The topological polar surface area (TPSA) is 58.7 Å². The first kappa shape index (κ1) is 35.7. The number of aliphatic hydroxyl groups is 1. The molecule has 1 aromatic carbocycles. The summed E-state index contributed by atoms with van der Waals surface area (Å²) in [5, 5.41) is 11.1. The lowest BCUT2D eigenvalue weighted by Gasteiger charge is -2.27. The van der Waals surface area contributed by atoms with Crippen molar-refractivity contribution in [3.63, 3.8) is 0 Å². The van der Waals surface area contributed by atoms with Gasteiger partial charge >= 0.3 is 6.18 Å². The molecule has 0 saturated heterocycles. The van der Waals surface area contributed by atoms with Gasteiger partial charge in [0, 0.05) is 13.5 Å². The van der Waals surface area contributed by atoms with Crippen LogP contribution in [0.1, 0.15) is 40.0 Å². The van der Waals surface area contributed by atoms with Crippen molar-refractivity contribution in [2.75, 3.05) is 25.4 Å². The van der Waals surface area contributed by atoms with Crippen LogP contribution >= 0.6 is 0 Å². The third-order valence-corrected chi connectivity index (χ3v) is 5.15. The molecule has 0 bridgehead atoms. The van der Waals surface area contributed by atoms with Crippen LogP contribution in [-0.2, 0) is 4.74 Å². The van der Waals surface area contributed by atoms with E-state index in [1.165, 1.54) is 48.5 Å². The predicted molar refractivity (Wildman–Crippen MR) is 144 cm³/mol. The van der Waals surface area contributed by atoms with Gasteiger partial charge in [0.05, 0.1) is 18.0 Å². The number of rotatable bonds is 8. The molecule has 0 aliphatic heterocycles. The molecule has 0 spiro atoms. The maximum Gasteiger partial charge on any atom is 0.417 e. The molecule has 0 heterocycles. The third kappa shape index (κ3) is 13.9. The molecular weight excluding hydrogens is 522 g/mol. The summed E-state index contributed by atoms with van der Waals surface area (Å²) in [5.41, 5.74) is -0.302. The number of hydrogen-bond acceptors (Lipinski definition) is 4. The number of halogens is 6. The molecule has 0 saturated carbocycles. The largest absolute Gasteiger partial charge is 0.417 e. The number of alkyl halides is 4. The number of methoxy groups -OCH3 is 1. The smallest absolute Gasteiger partial charge is 0.381 e. The maximum atomic E-state index is 13.1. The first-order valence-electron chi connectivity index (χ1n) is 11.8. The van der Waals surface area contributed by atoms with E-state index in [-0.39, 0.29) is 12.4 Å². The van der Waals surface area contributed by atoms with Gasteiger partial charge in [-0.2, -0.15) is 13.2 Å². The van der Waals surface area contributed by atoms with Crippen LogP contribution in [-0.4, -0.2) is 37.3 Å². The molecule has 39 heavy (non-hydrogen) atoms. The Hall–Kier alpha value is -3.26. The van der Waals surface area contributed by atoms with E-state index >= 15 is 0 Å². The van der Waals surface area contributed by atoms with Crippen molar-refractivity contribution in [2.24, 2.45) is 5.84 Å². The third-order valence-electron chi connectivity index (χ3n) is 5.15. The Morgan fingerprint density at radius 1 is 1.23 bits per heavy atom. The molecule has 216 valence electrons. The van der Waals surface area contributed by atoms with Crippen molar-refractivity contribution in [2.45, 2.75) is 51.8 Å². The van der Waals surface area contributed by atoms with Gasteiger partial charge in [-0.15, -0.1) is 12.3 Å². The second-order valence-electron chi connectivity index (χ2n) is 8.50. The molecular formula is C29H36F6N2O2. The number of ether oxygens (including phenoxy) is 1. The average molecular weight is 559 g/mol. The fourth-order valence-electron chi connectivity index (χ4n) is 3.04. The molecule has 0 radical (unpaired) electrons. The summed E-state index contributed by atoms with van der Waals surface area (Å²) in [6.07, 6.45) is 8.71. The molecule has 1 atom stereocenters. The highest BCUT2D eigenvalue weighted by molar-refractivity contribution is 5.54. The fourth-order valence-corrected chi connectivity index (χ4v) is 3.04. The van der Waals surface area contributed by atoms with Gasteiger partial charge in [-0.3, -0.25) is 5.01 Å². The molecule has 1 unspecified atom stereocenters. The van der Waals surface area contributed by atoms with Gasteiger partial charge in [-0.1, -0.05) is 18.2 Å². The van der Waals surface area contributed by atoms with E-state index in [0.29, 0.717) is 29.8 Å². The van der Waals surface area contributed by atoms with Crippen LogP contribution in [0.4, 0.5) is 32.0 Å². The Balaban J connectivity index is 0.000000928. The summed E-state index contributed by atoms with van der Waals surface area (Å²) in [7, 11) is 1.46. The van der Waals surface area contributed by atoms with E-state index in [2.05, 4.69) is 17.1 Å². The number of hydrazine groups is 1. The molecule has 0 amide bonds. The zero-order chi connectivity index (χ0) is 30.1. The zero-order valence-electron chi connectivity index (χ0n) is 22.5.